The number of nitrogens with two attached hydrogens (primary N) is 1. The van der Waals surface area contributed by atoms with E-state index in [9.17, 15) is 13.2 Å². The van der Waals surface area contributed by atoms with Gasteiger partial charge in [-0.25, -0.2) is 9.97 Å². The lowest BCUT2D eigenvalue weighted by Gasteiger charge is -2.08. The zero-order valence-corrected chi connectivity index (χ0v) is 10.9. The van der Waals surface area contributed by atoms with E-state index in [0.717, 1.165) is 11.8 Å². The van der Waals surface area contributed by atoms with Gasteiger partial charge in [0, 0.05) is 11.0 Å². The largest absolute Gasteiger partial charge is 0.451 e. The number of alkyl halides is 3. The average molecular weight is 306 g/mol. The van der Waals surface area contributed by atoms with Gasteiger partial charge in [-0.1, -0.05) is 35.5 Å². The normalized spacial score (nSPS) is 11.6. The van der Waals surface area contributed by atoms with Crippen LogP contribution in [0.25, 0.3) is 0 Å². The molecule has 0 aliphatic carbocycles. The Morgan fingerprint density at radius 2 is 1.84 bits per heavy atom. The number of rotatable bonds is 2. The lowest BCUT2D eigenvalue weighted by molar-refractivity contribution is -0.145. The van der Waals surface area contributed by atoms with E-state index in [1.807, 2.05) is 0 Å². The number of benzene rings is 1. The van der Waals surface area contributed by atoms with E-state index in [2.05, 4.69) is 9.97 Å². The van der Waals surface area contributed by atoms with E-state index in [0.29, 0.717) is 9.92 Å². The second kappa shape index (κ2) is 5.26. The minimum atomic E-state index is -4.63. The molecular formula is C11H7ClF3N3S. The fraction of sp³-hybridized carbons (Fsp3) is 0.0909. The second-order valence-corrected chi connectivity index (χ2v) is 4.95. The molecule has 8 heteroatoms. The van der Waals surface area contributed by atoms with Crippen molar-refractivity contribution in [2.24, 2.45) is 0 Å². The minimum absolute atomic E-state index is 0.0907. The molecule has 2 aromatic rings. The van der Waals surface area contributed by atoms with Crippen LogP contribution in [0.1, 0.15) is 5.82 Å². The maximum absolute atomic E-state index is 12.6. The van der Waals surface area contributed by atoms with Crippen LogP contribution in [-0.2, 0) is 6.18 Å². The Morgan fingerprint density at radius 1 is 1.16 bits per heavy atom. The summed E-state index contributed by atoms with van der Waals surface area (Å²) in [6.07, 6.45) is -4.63. The van der Waals surface area contributed by atoms with Crippen molar-refractivity contribution >= 4 is 29.2 Å². The van der Waals surface area contributed by atoms with Crippen LogP contribution in [-0.4, -0.2) is 9.97 Å². The van der Waals surface area contributed by atoms with Crippen LogP contribution < -0.4 is 5.73 Å². The Kier molecular flexibility index (Phi) is 3.86. The van der Waals surface area contributed by atoms with Crippen LogP contribution in [0, 0.1) is 0 Å². The molecule has 0 aliphatic heterocycles. The summed E-state index contributed by atoms with van der Waals surface area (Å²) in [6.45, 7) is 0. The molecule has 19 heavy (non-hydrogen) atoms. The average Bonchev–Trinajstić information content (AvgIpc) is 2.30. The zero-order chi connectivity index (χ0) is 14.0. The van der Waals surface area contributed by atoms with Crippen molar-refractivity contribution in [1.29, 1.82) is 0 Å². The van der Waals surface area contributed by atoms with Gasteiger partial charge >= 0.3 is 6.18 Å². The molecule has 0 spiro atoms. The van der Waals surface area contributed by atoms with Gasteiger partial charge in [-0.15, -0.1) is 0 Å². The lowest BCUT2D eigenvalue weighted by atomic mass is 10.4. The monoisotopic (exact) mass is 305 g/mol. The summed E-state index contributed by atoms with van der Waals surface area (Å²) >= 11 is 6.92. The maximum atomic E-state index is 12.6. The van der Waals surface area contributed by atoms with Gasteiger partial charge in [-0.05, 0) is 12.1 Å². The number of halogens is 4. The molecule has 1 aromatic heterocycles. The van der Waals surface area contributed by atoms with Crippen LogP contribution in [0.3, 0.4) is 0 Å². The van der Waals surface area contributed by atoms with Crippen LogP contribution in [0.15, 0.2) is 40.3 Å². The molecule has 0 amide bonds. The van der Waals surface area contributed by atoms with Crippen molar-refractivity contribution in [3.05, 3.63) is 41.2 Å². The van der Waals surface area contributed by atoms with E-state index in [1.54, 1.807) is 24.3 Å². The standard InChI is InChI=1S/C11H7ClF3N3S/c12-6-3-1-2-4-7(6)19-9-5-8(16)17-10(18-9)11(13,14)15/h1-5H,(H2,16,17,18). The molecule has 3 nitrogen and oxygen atoms in total. The molecule has 0 atom stereocenters. The van der Waals surface area contributed by atoms with Gasteiger partial charge < -0.3 is 5.73 Å². The highest BCUT2D eigenvalue weighted by Gasteiger charge is 2.35. The van der Waals surface area contributed by atoms with Gasteiger partial charge in [0.15, 0.2) is 0 Å². The first-order valence-corrected chi connectivity index (χ1v) is 6.20. The van der Waals surface area contributed by atoms with Crippen molar-refractivity contribution < 1.29 is 13.2 Å². The molecule has 1 heterocycles. The van der Waals surface area contributed by atoms with Crippen molar-refractivity contribution in [2.45, 2.75) is 16.1 Å². The number of anilines is 1. The Labute approximate surface area is 116 Å². The number of nitrogen functional groups attached to an aromatic ring is 1. The van der Waals surface area contributed by atoms with Gasteiger partial charge in [-0.2, -0.15) is 13.2 Å². The number of hydrogen-bond donors (Lipinski definition) is 1. The Bertz CT molecular complexity index is 604. The fourth-order valence-electron chi connectivity index (χ4n) is 1.26. The second-order valence-electron chi connectivity index (χ2n) is 3.48. The summed E-state index contributed by atoms with van der Waals surface area (Å²) in [7, 11) is 0. The van der Waals surface area contributed by atoms with E-state index < -0.39 is 12.0 Å². The lowest BCUT2D eigenvalue weighted by Crippen LogP contribution is -2.12. The van der Waals surface area contributed by atoms with Crippen LogP contribution in [0.5, 0.6) is 0 Å². The van der Waals surface area contributed by atoms with E-state index in [1.165, 1.54) is 6.07 Å². The summed E-state index contributed by atoms with van der Waals surface area (Å²) < 4.78 is 37.7. The predicted octanol–water partition coefficient (Wildman–Crippen LogP) is 3.88. The summed E-state index contributed by atoms with van der Waals surface area (Å²) in [6, 6.07) is 8.03. The van der Waals surface area contributed by atoms with Crippen LogP contribution in [0.4, 0.5) is 19.0 Å². The highest BCUT2D eigenvalue weighted by molar-refractivity contribution is 7.99. The van der Waals surface area contributed by atoms with Crippen molar-refractivity contribution in [3.8, 4) is 0 Å². The minimum Gasteiger partial charge on any atom is -0.384 e. The molecule has 0 radical (unpaired) electrons. The topological polar surface area (TPSA) is 51.8 Å². The summed E-state index contributed by atoms with van der Waals surface area (Å²) in [4.78, 5) is 7.19. The Hall–Kier alpha value is -1.47. The molecule has 0 aliphatic rings. The molecule has 0 unspecified atom stereocenters. The SMILES string of the molecule is Nc1cc(Sc2ccccc2Cl)nc(C(F)(F)F)n1. The molecule has 100 valence electrons. The van der Waals surface area contributed by atoms with E-state index in [-0.39, 0.29) is 10.8 Å². The number of aromatic nitrogens is 2. The predicted molar refractivity (Wildman–Crippen MR) is 67.0 cm³/mol. The first-order valence-electron chi connectivity index (χ1n) is 5.00. The first kappa shape index (κ1) is 14.0. The summed E-state index contributed by atoms with van der Waals surface area (Å²) in [5.74, 6) is -1.50. The highest BCUT2D eigenvalue weighted by atomic mass is 35.5. The Morgan fingerprint density at radius 3 is 2.47 bits per heavy atom. The maximum Gasteiger partial charge on any atom is 0.451 e. The quantitative estimate of drug-likeness (QED) is 0.855. The van der Waals surface area contributed by atoms with E-state index in [4.69, 9.17) is 17.3 Å². The molecule has 2 N–H and O–H groups in total. The molecule has 0 saturated heterocycles. The van der Waals surface area contributed by atoms with Crippen molar-refractivity contribution in [1.82, 2.24) is 9.97 Å². The van der Waals surface area contributed by atoms with Crippen molar-refractivity contribution in [3.63, 3.8) is 0 Å². The summed E-state index contributed by atoms with van der Waals surface area (Å²) in [5.41, 5.74) is 5.35. The van der Waals surface area contributed by atoms with Crippen molar-refractivity contribution in [2.75, 3.05) is 5.73 Å². The van der Waals surface area contributed by atoms with Gasteiger partial charge in [-0.3, -0.25) is 0 Å². The number of hydrogen-bond acceptors (Lipinski definition) is 4. The van der Waals surface area contributed by atoms with Gasteiger partial charge in [0.1, 0.15) is 10.8 Å². The molecule has 0 fully saturated rings. The van der Waals surface area contributed by atoms with Gasteiger partial charge in [0.2, 0.25) is 5.82 Å². The van der Waals surface area contributed by atoms with E-state index >= 15 is 0 Å². The molecule has 1 aromatic carbocycles. The van der Waals surface area contributed by atoms with Gasteiger partial charge in [0.25, 0.3) is 0 Å². The number of nitrogens with zero attached hydrogens (tertiary/aromatic N) is 2. The first-order chi connectivity index (χ1) is 8.86. The molecule has 2 rings (SSSR count). The van der Waals surface area contributed by atoms with Crippen LogP contribution in [0.2, 0.25) is 5.02 Å². The molecule has 0 saturated carbocycles. The molecule has 0 bridgehead atoms. The summed E-state index contributed by atoms with van der Waals surface area (Å²) in [5, 5.41) is 0.520. The fourth-order valence-corrected chi connectivity index (χ4v) is 2.36. The third-order valence-corrected chi connectivity index (χ3v) is 3.46. The van der Waals surface area contributed by atoms with Crippen LogP contribution >= 0.6 is 23.4 Å². The van der Waals surface area contributed by atoms with Gasteiger partial charge in [0.05, 0.1) is 5.02 Å². The zero-order valence-electron chi connectivity index (χ0n) is 9.28. The smallest absolute Gasteiger partial charge is 0.384 e. The highest BCUT2D eigenvalue weighted by Crippen LogP contribution is 2.34. The Balaban J connectivity index is 2.36. The third kappa shape index (κ3) is 3.51. The third-order valence-electron chi connectivity index (χ3n) is 2.03. The molecular weight excluding hydrogens is 299 g/mol.